The lowest BCUT2D eigenvalue weighted by Gasteiger charge is -2.25. The molecule has 0 saturated carbocycles. The smallest absolute Gasteiger partial charge is 0.00644 e. The van der Waals surface area contributed by atoms with E-state index >= 15 is 0 Å². The Labute approximate surface area is 127 Å². The van der Waals surface area contributed by atoms with Gasteiger partial charge in [0.25, 0.3) is 0 Å². The van der Waals surface area contributed by atoms with Crippen LogP contribution in [0.25, 0.3) is 0 Å². The summed E-state index contributed by atoms with van der Waals surface area (Å²) < 4.78 is 1.21. The van der Waals surface area contributed by atoms with Gasteiger partial charge in [-0.15, -0.1) is 0 Å². The van der Waals surface area contributed by atoms with Crippen LogP contribution < -0.4 is 0 Å². The highest BCUT2D eigenvalue weighted by molar-refractivity contribution is 14.1. The molecule has 0 aromatic heterocycles. The lowest BCUT2D eigenvalue weighted by molar-refractivity contribution is 0.352. The minimum absolute atomic E-state index is 0.409. The quantitative estimate of drug-likeness (QED) is 0.458. The van der Waals surface area contributed by atoms with E-state index in [0.29, 0.717) is 11.3 Å². The molecule has 0 aliphatic carbocycles. The van der Waals surface area contributed by atoms with E-state index in [4.69, 9.17) is 0 Å². The second-order valence-electron chi connectivity index (χ2n) is 6.96. The van der Waals surface area contributed by atoms with Crippen LogP contribution in [0.2, 0.25) is 0 Å². The van der Waals surface area contributed by atoms with Crippen LogP contribution in [0.3, 0.4) is 0 Å². The molecule has 18 heavy (non-hydrogen) atoms. The van der Waals surface area contributed by atoms with Crippen LogP contribution in [0.4, 0.5) is 0 Å². The van der Waals surface area contributed by atoms with E-state index in [1.807, 2.05) is 0 Å². The van der Waals surface area contributed by atoms with Crippen molar-refractivity contribution in [2.24, 2.45) is 11.3 Å². The van der Waals surface area contributed by atoms with Gasteiger partial charge in [0.1, 0.15) is 0 Å². The number of alkyl halides is 1. The van der Waals surface area contributed by atoms with E-state index in [0.717, 1.165) is 5.92 Å². The molecule has 0 saturated heterocycles. The van der Waals surface area contributed by atoms with Gasteiger partial charge < -0.3 is 0 Å². The Hall–Kier alpha value is -0.0500. The monoisotopic (exact) mass is 358 g/mol. The van der Waals surface area contributed by atoms with Gasteiger partial charge in [-0.25, -0.2) is 0 Å². The van der Waals surface area contributed by atoms with Crippen LogP contribution in [0.1, 0.15) is 58.1 Å². The number of hydrogen-bond donors (Lipinski definition) is 0. The molecule has 1 heteroatoms. The largest absolute Gasteiger partial charge is 0.0857 e. The molecule has 1 unspecified atom stereocenters. The first kappa shape index (κ1) is 16.0. The first-order valence-corrected chi connectivity index (χ1v) is 8.49. The van der Waals surface area contributed by atoms with Crippen molar-refractivity contribution in [2.75, 3.05) is 4.43 Å². The zero-order valence-electron chi connectivity index (χ0n) is 12.5. The Kier molecular flexibility index (Phi) is 6.16. The molecular formula is C17H27I. The van der Waals surface area contributed by atoms with Gasteiger partial charge in [0.05, 0.1) is 0 Å². The summed E-state index contributed by atoms with van der Waals surface area (Å²) in [6.45, 7) is 11.6. The van der Waals surface area contributed by atoms with Gasteiger partial charge in [0.15, 0.2) is 0 Å². The molecule has 1 aromatic rings. The van der Waals surface area contributed by atoms with Gasteiger partial charge in [0, 0.05) is 4.43 Å². The number of halogens is 1. The minimum Gasteiger partial charge on any atom is -0.0857 e. The lowest BCUT2D eigenvalue weighted by atomic mass is 9.82. The highest BCUT2D eigenvalue weighted by Crippen LogP contribution is 2.32. The maximum atomic E-state index is 2.52. The Morgan fingerprint density at radius 3 is 2.00 bits per heavy atom. The van der Waals surface area contributed by atoms with Crippen molar-refractivity contribution < 1.29 is 0 Å². The first-order chi connectivity index (χ1) is 8.31. The zero-order chi connectivity index (χ0) is 13.8. The molecule has 1 rings (SSSR count). The summed E-state index contributed by atoms with van der Waals surface area (Å²) in [5.41, 5.74) is 3.38. The molecule has 0 nitrogen and oxygen atoms in total. The Morgan fingerprint density at radius 2 is 1.61 bits per heavy atom. The molecule has 0 bridgehead atoms. The van der Waals surface area contributed by atoms with Crippen LogP contribution in [0.5, 0.6) is 0 Å². The van der Waals surface area contributed by atoms with E-state index in [9.17, 15) is 0 Å². The predicted octanol–water partition coefficient (Wildman–Crippen LogP) is 5.84. The van der Waals surface area contributed by atoms with Crippen LogP contribution in [0, 0.1) is 11.3 Å². The van der Waals surface area contributed by atoms with Crippen molar-refractivity contribution in [3.05, 3.63) is 35.4 Å². The molecule has 0 aliphatic rings. The van der Waals surface area contributed by atoms with Gasteiger partial charge in [-0.3, -0.25) is 0 Å². The van der Waals surface area contributed by atoms with E-state index in [1.165, 1.54) is 28.4 Å². The van der Waals surface area contributed by atoms with Crippen molar-refractivity contribution in [1.82, 2.24) is 0 Å². The lowest BCUT2D eigenvalue weighted by Crippen LogP contribution is -2.13. The molecular weight excluding hydrogens is 331 g/mol. The summed E-state index contributed by atoms with van der Waals surface area (Å²) in [6, 6.07) is 9.31. The fourth-order valence-corrected chi connectivity index (χ4v) is 3.22. The van der Waals surface area contributed by atoms with Crippen LogP contribution in [-0.2, 0) is 6.42 Å². The fourth-order valence-electron chi connectivity index (χ4n) is 2.40. The third-order valence-electron chi connectivity index (χ3n) is 3.14. The van der Waals surface area contributed by atoms with Crippen molar-refractivity contribution >= 4 is 22.6 Å². The molecule has 1 atom stereocenters. The van der Waals surface area contributed by atoms with Crippen LogP contribution >= 0.6 is 22.6 Å². The molecule has 1 aromatic carbocycles. The predicted molar refractivity (Wildman–Crippen MR) is 90.7 cm³/mol. The zero-order valence-corrected chi connectivity index (χ0v) is 14.6. The van der Waals surface area contributed by atoms with Crippen molar-refractivity contribution in [3.8, 4) is 0 Å². The minimum atomic E-state index is 0.409. The highest BCUT2D eigenvalue weighted by atomic mass is 127. The van der Waals surface area contributed by atoms with E-state index in [-0.39, 0.29) is 0 Å². The van der Waals surface area contributed by atoms with E-state index < -0.39 is 0 Å². The van der Waals surface area contributed by atoms with Gasteiger partial charge >= 0.3 is 0 Å². The normalized spacial score (nSPS) is 13.9. The van der Waals surface area contributed by atoms with E-state index in [2.05, 4.69) is 81.5 Å². The Morgan fingerprint density at radius 1 is 1.06 bits per heavy atom. The average molecular weight is 358 g/mol. The number of rotatable bonds is 5. The highest BCUT2D eigenvalue weighted by Gasteiger charge is 2.19. The number of benzene rings is 1. The Bertz CT molecular complexity index is 343. The molecule has 0 amide bonds. The topological polar surface area (TPSA) is 0 Å². The standard InChI is InChI=1S/C17H27I/c1-13(2)10-14-6-8-15(9-7-14)16(12-18)11-17(3,4)5/h6-9,13,16H,10-12H2,1-5H3. The molecule has 0 heterocycles. The fraction of sp³-hybridized carbons (Fsp3) is 0.647. The third-order valence-corrected chi connectivity index (χ3v) is 4.20. The third kappa shape index (κ3) is 5.73. The second kappa shape index (κ2) is 6.93. The van der Waals surface area contributed by atoms with Crippen molar-refractivity contribution in [2.45, 2.75) is 53.4 Å². The maximum absolute atomic E-state index is 2.52. The summed E-state index contributed by atoms with van der Waals surface area (Å²) in [5, 5.41) is 0. The summed E-state index contributed by atoms with van der Waals surface area (Å²) in [4.78, 5) is 0. The SMILES string of the molecule is CC(C)Cc1ccc(C(CI)CC(C)(C)C)cc1. The van der Waals surface area contributed by atoms with Crippen LogP contribution in [-0.4, -0.2) is 4.43 Å². The van der Waals surface area contributed by atoms with E-state index in [1.54, 1.807) is 0 Å². The maximum Gasteiger partial charge on any atom is 0.00644 e. The molecule has 0 radical (unpaired) electrons. The van der Waals surface area contributed by atoms with Gasteiger partial charge in [0.2, 0.25) is 0 Å². The summed E-state index contributed by atoms with van der Waals surface area (Å²) in [7, 11) is 0. The molecule has 0 fully saturated rings. The molecule has 0 N–H and O–H groups in total. The summed E-state index contributed by atoms with van der Waals surface area (Å²) in [6.07, 6.45) is 2.45. The van der Waals surface area contributed by atoms with Crippen molar-refractivity contribution in [3.63, 3.8) is 0 Å². The summed E-state index contributed by atoms with van der Waals surface area (Å²) >= 11 is 2.52. The Balaban J connectivity index is 2.75. The molecule has 102 valence electrons. The van der Waals surface area contributed by atoms with Crippen LogP contribution in [0.15, 0.2) is 24.3 Å². The van der Waals surface area contributed by atoms with Gasteiger partial charge in [-0.05, 0) is 41.2 Å². The van der Waals surface area contributed by atoms with Gasteiger partial charge in [-0.2, -0.15) is 0 Å². The summed E-state index contributed by atoms with van der Waals surface area (Å²) in [5.74, 6) is 1.43. The second-order valence-corrected chi connectivity index (χ2v) is 7.84. The average Bonchev–Trinajstić information content (AvgIpc) is 2.25. The van der Waals surface area contributed by atoms with Crippen molar-refractivity contribution in [1.29, 1.82) is 0 Å². The first-order valence-electron chi connectivity index (χ1n) is 6.96. The number of hydrogen-bond acceptors (Lipinski definition) is 0. The molecule has 0 spiro atoms. The molecule has 0 aliphatic heterocycles. The van der Waals surface area contributed by atoms with Gasteiger partial charge in [-0.1, -0.05) is 81.5 Å².